The molecule has 0 fully saturated rings. The van der Waals surface area contributed by atoms with E-state index in [9.17, 15) is 13.2 Å². The first-order valence-corrected chi connectivity index (χ1v) is 8.92. The molecule has 0 saturated heterocycles. The Bertz CT molecular complexity index is 971. The first kappa shape index (κ1) is 18.5. The van der Waals surface area contributed by atoms with E-state index in [4.69, 9.17) is 17.0 Å². The van der Waals surface area contributed by atoms with E-state index in [1.165, 1.54) is 25.6 Å². The molecule has 0 aliphatic heterocycles. The number of para-hydroxylation sites is 1. The van der Waals surface area contributed by atoms with E-state index >= 15 is 0 Å². The molecule has 0 aliphatic rings. The molecule has 2 aromatic rings. The lowest BCUT2D eigenvalue weighted by Gasteiger charge is -2.11. The van der Waals surface area contributed by atoms with Gasteiger partial charge in [-0.15, -0.1) is 0 Å². The number of amides is 1. The number of nitrogens with one attached hydrogen (secondary N) is 2. The van der Waals surface area contributed by atoms with Crippen molar-refractivity contribution in [2.75, 3.05) is 13.4 Å². The Kier molecular flexibility index (Phi) is 5.77. The maximum Gasteiger partial charge on any atom is 0.302 e. The number of hydrogen-bond donors (Lipinski definition) is 2. The van der Waals surface area contributed by atoms with Crippen molar-refractivity contribution in [2.45, 2.75) is 0 Å². The standard InChI is InChI=1S/C13H13N5O5S2/c1-22-17-10(11(19)18-25(2,20)21)8-5-3-4-6-9(8)23-12-14-7-15-13(24)16-12/h3-7H,1-2H3,(H,18,19)(H,14,15,16,24)/b17-10+. The molecule has 2 N–H and O–H groups in total. The Hall–Kier alpha value is -2.86. The van der Waals surface area contributed by atoms with E-state index in [-0.39, 0.29) is 27.8 Å². The van der Waals surface area contributed by atoms with E-state index in [0.29, 0.717) is 0 Å². The van der Waals surface area contributed by atoms with E-state index < -0.39 is 15.9 Å². The molecule has 12 heteroatoms. The average molecular weight is 383 g/mol. The van der Waals surface area contributed by atoms with Crippen LogP contribution in [0.4, 0.5) is 0 Å². The fourth-order valence-corrected chi connectivity index (χ4v) is 2.29. The van der Waals surface area contributed by atoms with Gasteiger partial charge in [0, 0.05) is 0 Å². The fourth-order valence-electron chi connectivity index (χ4n) is 1.72. The average Bonchev–Trinajstić information content (AvgIpc) is 2.52. The van der Waals surface area contributed by atoms with Crippen LogP contribution in [0, 0.1) is 4.77 Å². The number of hydrogen-bond acceptors (Lipinski definition) is 9. The Morgan fingerprint density at radius 2 is 2.04 bits per heavy atom. The highest BCUT2D eigenvalue weighted by Gasteiger charge is 2.22. The molecule has 0 aliphatic carbocycles. The number of aromatic amines is 1. The molecular formula is C13H13N5O5S2. The lowest BCUT2D eigenvalue weighted by atomic mass is 10.1. The van der Waals surface area contributed by atoms with Crippen LogP contribution in [-0.4, -0.2) is 48.4 Å². The number of nitrogens with zero attached hydrogens (tertiary/aromatic N) is 3. The molecule has 0 unspecified atom stereocenters. The number of rotatable bonds is 6. The molecule has 0 spiro atoms. The summed E-state index contributed by atoms with van der Waals surface area (Å²) >= 11 is 4.88. The van der Waals surface area contributed by atoms with E-state index in [0.717, 1.165) is 6.26 Å². The minimum Gasteiger partial charge on any atom is -0.425 e. The summed E-state index contributed by atoms with van der Waals surface area (Å²) in [6, 6.07) is 6.34. The van der Waals surface area contributed by atoms with E-state index in [2.05, 4.69) is 24.9 Å². The third-order valence-corrected chi connectivity index (χ3v) is 3.35. The van der Waals surface area contributed by atoms with Gasteiger partial charge >= 0.3 is 6.01 Å². The minimum absolute atomic E-state index is 0.0349. The molecule has 10 nitrogen and oxygen atoms in total. The zero-order valence-electron chi connectivity index (χ0n) is 13.1. The predicted molar refractivity (Wildman–Crippen MR) is 90.3 cm³/mol. The summed E-state index contributed by atoms with van der Waals surface area (Å²) in [7, 11) is -2.57. The molecule has 0 radical (unpaired) electrons. The number of carbonyl (C=O) groups excluding carboxylic acids is 1. The predicted octanol–water partition coefficient (Wildman–Crippen LogP) is 0.753. The van der Waals surface area contributed by atoms with Crippen LogP contribution in [0.15, 0.2) is 35.7 Å². The van der Waals surface area contributed by atoms with Crippen LogP contribution < -0.4 is 9.46 Å². The highest BCUT2D eigenvalue weighted by atomic mass is 32.2. The molecule has 1 aromatic heterocycles. The third kappa shape index (κ3) is 5.32. The van der Waals surface area contributed by atoms with Crippen molar-refractivity contribution in [1.82, 2.24) is 19.7 Å². The monoisotopic (exact) mass is 383 g/mol. The summed E-state index contributed by atoms with van der Waals surface area (Å²) in [5.41, 5.74) is -0.111. The van der Waals surface area contributed by atoms with Gasteiger partial charge in [0.15, 0.2) is 5.71 Å². The van der Waals surface area contributed by atoms with E-state index in [1.54, 1.807) is 12.1 Å². The van der Waals surface area contributed by atoms with Crippen molar-refractivity contribution in [2.24, 2.45) is 5.16 Å². The topological polar surface area (TPSA) is 136 Å². The Labute approximate surface area is 148 Å². The van der Waals surface area contributed by atoms with E-state index in [1.807, 2.05) is 4.72 Å². The quantitative estimate of drug-likeness (QED) is 0.424. The number of oxime groups is 1. The van der Waals surface area contributed by atoms with Gasteiger partial charge < -0.3 is 9.57 Å². The highest BCUT2D eigenvalue weighted by Crippen LogP contribution is 2.23. The molecule has 2 rings (SSSR count). The van der Waals surface area contributed by atoms with Crippen molar-refractivity contribution in [3.05, 3.63) is 40.9 Å². The second-order valence-corrected chi connectivity index (χ2v) is 6.67. The third-order valence-electron chi connectivity index (χ3n) is 2.59. The largest absolute Gasteiger partial charge is 0.425 e. The number of sulfonamides is 1. The van der Waals surface area contributed by atoms with Crippen molar-refractivity contribution >= 4 is 33.9 Å². The molecular weight excluding hydrogens is 370 g/mol. The SMILES string of the molecule is CO/N=C(/C(=O)NS(C)(=O)=O)c1ccccc1Oc1ncnc(=S)[nH]1. The summed E-state index contributed by atoms with van der Waals surface area (Å²) in [4.78, 5) is 27.1. The summed E-state index contributed by atoms with van der Waals surface area (Å²) < 4.78 is 30.1. The number of benzene rings is 1. The van der Waals surface area contributed by atoms with Crippen molar-refractivity contribution in [1.29, 1.82) is 0 Å². The van der Waals surface area contributed by atoms with Gasteiger partial charge in [-0.2, -0.15) is 4.98 Å². The smallest absolute Gasteiger partial charge is 0.302 e. The van der Waals surface area contributed by atoms with Crippen LogP contribution in [0.5, 0.6) is 11.8 Å². The van der Waals surface area contributed by atoms with Crippen LogP contribution in [0.3, 0.4) is 0 Å². The number of aromatic nitrogens is 3. The molecule has 0 saturated carbocycles. The van der Waals surface area contributed by atoms with Crippen molar-refractivity contribution in [3.8, 4) is 11.8 Å². The summed E-state index contributed by atoms with van der Waals surface area (Å²) in [6.45, 7) is 0. The number of H-pyrrole nitrogens is 1. The summed E-state index contributed by atoms with van der Waals surface area (Å²) in [5, 5.41) is 3.59. The summed E-state index contributed by atoms with van der Waals surface area (Å²) in [5.74, 6) is -0.803. The molecule has 132 valence electrons. The number of carbonyl (C=O) groups is 1. The van der Waals surface area contributed by atoms with Crippen LogP contribution in [0.25, 0.3) is 0 Å². The van der Waals surface area contributed by atoms with Crippen molar-refractivity contribution < 1.29 is 22.8 Å². The van der Waals surface area contributed by atoms with Crippen LogP contribution in [0.1, 0.15) is 5.56 Å². The maximum atomic E-state index is 12.2. The maximum absolute atomic E-state index is 12.2. The first-order valence-electron chi connectivity index (χ1n) is 6.62. The van der Waals surface area contributed by atoms with Crippen LogP contribution in [0.2, 0.25) is 0 Å². The fraction of sp³-hybridized carbons (Fsp3) is 0.154. The van der Waals surface area contributed by atoms with Gasteiger partial charge in [-0.25, -0.2) is 18.1 Å². The Morgan fingerprint density at radius 1 is 1.32 bits per heavy atom. The van der Waals surface area contributed by atoms with Gasteiger partial charge in [0.2, 0.25) is 14.8 Å². The molecule has 1 heterocycles. The molecule has 0 bridgehead atoms. The van der Waals surface area contributed by atoms with Gasteiger partial charge in [-0.05, 0) is 24.4 Å². The van der Waals surface area contributed by atoms with Crippen LogP contribution in [-0.2, 0) is 19.7 Å². The van der Waals surface area contributed by atoms with Gasteiger partial charge in [0.1, 0.15) is 19.2 Å². The van der Waals surface area contributed by atoms with Gasteiger partial charge in [0.25, 0.3) is 5.91 Å². The van der Waals surface area contributed by atoms with Gasteiger partial charge in [0.05, 0.1) is 11.8 Å². The Morgan fingerprint density at radius 3 is 2.68 bits per heavy atom. The zero-order valence-corrected chi connectivity index (χ0v) is 14.7. The van der Waals surface area contributed by atoms with Gasteiger partial charge in [-0.1, -0.05) is 17.3 Å². The van der Waals surface area contributed by atoms with Gasteiger partial charge in [-0.3, -0.25) is 9.78 Å². The molecule has 25 heavy (non-hydrogen) atoms. The second kappa shape index (κ2) is 7.81. The molecule has 0 atom stereocenters. The first-order chi connectivity index (χ1) is 11.8. The molecule has 1 amide bonds. The normalized spacial score (nSPS) is 11.7. The second-order valence-electron chi connectivity index (χ2n) is 4.53. The highest BCUT2D eigenvalue weighted by molar-refractivity contribution is 7.89. The molecule has 1 aromatic carbocycles. The lowest BCUT2D eigenvalue weighted by Crippen LogP contribution is -2.36. The minimum atomic E-state index is -3.79. The zero-order chi connectivity index (χ0) is 18.4. The summed E-state index contributed by atoms with van der Waals surface area (Å²) in [6.07, 6.45) is 2.05. The Balaban J connectivity index is 2.44. The van der Waals surface area contributed by atoms with Crippen molar-refractivity contribution in [3.63, 3.8) is 0 Å². The lowest BCUT2D eigenvalue weighted by molar-refractivity contribution is -0.113. The number of ether oxygens (including phenoxy) is 1. The van der Waals surface area contributed by atoms with Crippen LogP contribution >= 0.6 is 12.2 Å².